The molecule has 4 rings (SSSR count). The molecule has 1 aliphatic carbocycles. The van der Waals surface area contributed by atoms with E-state index in [0.29, 0.717) is 12.0 Å². The molecule has 0 amide bonds. The molecule has 1 saturated carbocycles. The lowest BCUT2D eigenvalue weighted by Gasteiger charge is -2.30. The van der Waals surface area contributed by atoms with Gasteiger partial charge in [0.2, 0.25) is 5.95 Å². The van der Waals surface area contributed by atoms with Gasteiger partial charge in [-0.2, -0.15) is 18.2 Å². The van der Waals surface area contributed by atoms with Gasteiger partial charge in [-0.05, 0) is 49.9 Å². The fraction of sp³-hybridized carbons (Fsp3) is 0.440. The van der Waals surface area contributed by atoms with Crippen LogP contribution in [-0.4, -0.2) is 36.1 Å². The van der Waals surface area contributed by atoms with Crippen molar-refractivity contribution in [3.8, 4) is 0 Å². The quantitative estimate of drug-likeness (QED) is 0.427. The summed E-state index contributed by atoms with van der Waals surface area (Å²) in [5.41, 5.74) is 0.153. The molecule has 3 aromatic rings. The van der Waals surface area contributed by atoms with E-state index < -0.39 is 17.6 Å². The molecule has 184 valence electrons. The molecular formula is C25H31F4N5. The molecule has 1 fully saturated rings. The number of anilines is 2. The van der Waals surface area contributed by atoms with E-state index in [2.05, 4.69) is 20.6 Å². The Morgan fingerprint density at radius 2 is 1.65 bits per heavy atom. The average molecular weight is 478 g/mol. The van der Waals surface area contributed by atoms with Gasteiger partial charge >= 0.3 is 6.18 Å². The van der Waals surface area contributed by atoms with E-state index in [1.807, 2.05) is 43.3 Å². The van der Waals surface area contributed by atoms with Gasteiger partial charge in [-0.15, -0.1) is 0 Å². The highest BCUT2D eigenvalue weighted by Crippen LogP contribution is 2.30. The summed E-state index contributed by atoms with van der Waals surface area (Å²) in [4.78, 5) is 11.3. The maximum absolute atomic E-state index is 14.1. The van der Waals surface area contributed by atoms with Crippen molar-refractivity contribution in [3.05, 3.63) is 59.4 Å². The summed E-state index contributed by atoms with van der Waals surface area (Å²) in [7, 11) is 3.91. The van der Waals surface area contributed by atoms with Crippen molar-refractivity contribution >= 4 is 22.7 Å². The third kappa shape index (κ3) is 5.94. The predicted octanol–water partition coefficient (Wildman–Crippen LogP) is 6.00. The van der Waals surface area contributed by atoms with Crippen molar-refractivity contribution in [3.63, 3.8) is 0 Å². The summed E-state index contributed by atoms with van der Waals surface area (Å²) in [6.45, 7) is 0.201. The number of fused-ring (bicyclic) bond motifs is 1. The minimum atomic E-state index is -4.54. The van der Waals surface area contributed by atoms with Crippen LogP contribution in [0.5, 0.6) is 0 Å². The van der Waals surface area contributed by atoms with Crippen LogP contribution in [0.15, 0.2) is 42.5 Å². The van der Waals surface area contributed by atoms with E-state index in [9.17, 15) is 17.6 Å². The standard InChI is InChI=1S/C24H27F4N5.CH4/c1-33(2)22-19-5-3-4-6-21(19)31-23(32-22)30-18-11-9-17(10-12-18)29-14-15-7-8-16(13-20(15)25)24(26,27)28;/h3-8,13,17-18,29H,9-12,14H2,1-2H3,(H,30,31,32);1H4. The van der Waals surface area contributed by atoms with Crippen molar-refractivity contribution in [1.29, 1.82) is 0 Å². The van der Waals surface area contributed by atoms with E-state index in [1.165, 1.54) is 6.07 Å². The van der Waals surface area contributed by atoms with Crippen LogP contribution in [0, 0.1) is 5.82 Å². The van der Waals surface area contributed by atoms with Crippen molar-refractivity contribution in [2.24, 2.45) is 0 Å². The highest BCUT2D eigenvalue weighted by molar-refractivity contribution is 5.90. The first-order valence-corrected chi connectivity index (χ1v) is 11.0. The first-order valence-electron chi connectivity index (χ1n) is 11.0. The SMILES string of the molecule is C.CN(C)c1nc(NC2CCC(NCc3ccc(C(F)(F)F)cc3F)CC2)nc2ccccc12. The number of benzene rings is 2. The largest absolute Gasteiger partial charge is 0.416 e. The van der Waals surface area contributed by atoms with Crippen LogP contribution < -0.4 is 15.5 Å². The monoisotopic (exact) mass is 477 g/mol. The number of rotatable bonds is 6. The van der Waals surface area contributed by atoms with E-state index in [1.54, 1.807) is 0 Å². The second-order valence-corrected chi connectivity index (χ2v) is 8.66. The van der Waals surface area contributed by atoms with Gasteiger partial charge in [0, 0.05) is 43.7 Å². The van der Waals surface area contributed by atoms with Gasteiger partial charge in [-0.1, -0.05) is 25.6 Å². The van der Waals surface area contributed by atoms with Crippen LogP contribution in [0.25, 0.3) is 10.9 Å². The Morgan fingerprint density at radius 3 is 2.29 bits per heavy atom. The molecule has 0 spiro atoms. The summed E-state index contributed by atoms with van der Waals surface area (Å²) >= 11 is 0. The summed E-state index contributed by atoms with van der Waals surface area (Å²) in [6.07, 6.45) is -1.02. The molecule has 1 aromatic heterocycles. The Bertz CT molecular complexity index is 1110. The number of nitrogens with zero attached hydrogens (tertiary/aromatic N) is 3. The lowest BCUT2D eigenvalue weighted by molar-refractivity contribution is -0.137. The van der Waals surface area contributed by atoms with Crippen LogP contribution >= 0.6 is 0 Å². The summed E-state index contributed by atoms with van der Waals surface area (Å²) in [5, 5.41) is 7.73. The van der Waals surface area contributed by atoms with E-state index in [-0.39, 0.29) is 31.6 Å². The highest BCUT2D eigenvalue weighted by Gasteiger charge is 2.31. The number of hydrogen-bond acceptors (Lipinski definition) is 5. The van der Waals surface area contributed by atoms with Gasteiger partial charge in [0.25, 0.3) is 0 Å². The summed E-state index contributed by atoms with van der Waals surface area (Å²) in [5.74, 6) is 0.621. The van der Waals surface area contributed by atoms with Crippen molar-refractivity contribution in [1.82, 2.24) is 15.3 Å². The maximum atomic E-state index is 14.1. The van der Waals surface area contributed by atoms with Gasteiger partial charge in [0.05, 0.1) is 11.1 Å². The number of aromatic nitrogens is 2. The number of para-hydroxylation sites is 1. The Kier molecular flexibility index (Phi) is 7.97. The van der Waals surface area contributed by atoms with E-state index in [0.717, 1.165) is 48.5 Å². The number of halogens is 4. The summed E-state index contributed by atoms with van der Waals surface area (Å²) < 4.78 is 52.2. The number of hydrogen-bond donors (Lipinski definition) is 2. The van der Waals surface area contributed by atoms with E-state index >= 15 is 0 Å². The van der Waals surface area contributed by atoms with Crippen molar-refractivity contribution in [2.45, 2.75) is 57.9 Å². The van der Waals surface area contributed by atoms with Crippen LogP contribution in [0.1, 0.15) is 44.2 Å². The van der Waals surface area contributed by atoms with Crippen LogP contribution in [0.4, 0.5) is 29.3 Å². The zero-order valence-electron chi connectivity index (χ0n) is 18.6. The molecule has 0 saturated heterocycles. The summed E-state index contributed by atoms with van der Waals surface area (Å²) in [6, 6.07) is 11.0. The van der Waals surface area contributed by atoms with Gasteiger partial charge in [0.15, 0.2) is 0 Å². The van der Waals surface area contributed by atoms with Gasteiger partial charge in [-0.3, -0.25) is 0 Å². The van der Waals surface area contributed by atoms with Gasteiger partial charge in [-0.25, -0.2) is 9.37 Å². The number of alkyl halides is 3. The predicted molar refractivity (Wildman–Crippen MR) is 129 cm³/mol. The Balaban J connectivity index is 0.00000324. The van der Waals surface area contributed by atoms with Crippen molar-refractivity contribution < 1.29 is 17.6 Å². The zero-order valence-corrected chi connectivity index (χ0v) is 18.6. The molecule has 0 atom stereocenters. The van der Waals surface area contributed by atoms with Gasteiger partial charge < -0.3 is 15.5 Å². The van der Waals surface area contributed by atoms with Gasteiger partial charge in [0.1, 0.15) is 11.6 Å². The van der Waals surface area contributed by atoms with Crippen LogP contribution in [0.3, 0.4) is 0 Å². The second-order valence-electron chi connectivity index (χ2n) is 8.66. The molecule has 0 unspecified atom stereocenters. The highest BCUT2D eigenvalue weighted by atomic mass is 19.4. The fourth-order valence-electron chi connectivity index (χ4n) is 4.21. The molecule has 0 aliphatic heterocycles. The maximum Gasteiger partial charge on any atom is 0.416 e. The topological polar surface area (TPSA) is 53.1 Å². The number of nitrogens with one attached hydrogen (secondary N) is 2. The normalized spacial score (nSPS) is 18.4. The molecule has 1 heterocycles. The van der Waals surface area contributed by atoms with Crippen molar-refractivity contribution in [2.75, 3.05) is 24.3 Å². The molecule has 2 aromatic carbocycles. The smallest absolute Gasteiger partial charge is 0.362 e. The lowest BCUT2D eigenvalue weighted by Crippen LogP contribution is -2.37. The zero-order chi connectivity index (χ0) is 23.6. The first kappa shape index (κ1) is 25.7. The molecule has 9 heteroatoms. The molecule has 2 N–H and O–H groups in total. The first-order chi connectivity index (χ1) is 15.7. The second kappa shape index (κ2) is 10.5. The lowest BCUT2D eigenvalue weighted by atomic mass is 9.91. The molecule has 1 aliphatic rings. The van der Waals surface area contributed by atoms with Crippen LogP contribution in [-0.2, 0) is 12.7 Å². The van der Waals surface area contributed by atoms with E-state index in [4.69, 9.17) is 0 Å². The minimum Gasteiger partial charge on any atom is -0.362 e. The molecule has 34 heavy (non-hydrogen) atoms. The molecule has 5 nitrogen and oxygen atoms in total. The minimum absolute atomic E-state index is 0. The van der Waals surface area contributed by atoms with Crippen LogP contribution in [0.2, 0.25) is 0 Å². The average Bonchev–Trinajstić information content (AvgIpc) is 2.78. The third-order valence-corrected chi connectivity index (χ3v) is 6.03. The molecular weight excluding hydrogens is 446 g/mol. The molecule has 0 bridgehead atoms. The Morgan fingerprint density at radius 1 is 0.971 bits per heavy atom. The third-order valence-electron chi connectivity index (χ3n) is 6.03. The fourth-order valence-corrected chi connectivity index (χ4v) is 4.21. The molecule has 0 radical (unpaired) electrons. The Labute approximate surface area is 197 Å². The Hall–Kier alpha value is -2.94.